The van der Waals surface area contributed by atoms with Crippen molar-refractivity contribution in [2.45, 2.75) is 26.8 Å². The summed E-state index contributed by atoms with van der Waals surface area (Å²) in [6.07, 6.45) is 0. The van der Waals surface area contributed by atoms with Crippen molar-refractivity contribution in [2.24, 2.45) is 11.7 Å². The Hall–Kier alpha value is -1.99. The smallest absolute Gasteiger partial charge is 0.239 e. The molecule has 0 bridgehead atoms. The van der Waals surface area contributed by atoms with E-state index in [4.69, 9.17) is 15.2 Å². The lowest BCUT2D eigenvalue weighted by Gasteiger charge is -2.18. The fourth-order valence-electron chi connectivity index (χ4n) is 1.96. The first-order valence-electron chi connectivity index (χ1n) is 7.94. The Kier molecular flexibility index (Phi) is 10.6. The van der Waals surface area contributed by atoms with Crippen LogP contribution < -0.4 is 25.8 Å². The lowest BCUT2D eigenvalue weighted by molar-refractivity contribution is -0.125. The fourth-order valence-corrected chi connectivity index (χ4v) is 1.96. The van der Waals surface area contributed by atoms with Gasteiger partial charge in [-0.05, 0) is 30.5 Å². The molecule has 4 N–H and O–H groups in total. The molecule has 2 amide bonds. The van der Waals surface area contributed by atoms with Gasteiger partial charge in [0.05, 0.1) is 32.8 Å². The predicted octanol–water partition coefficient (Wildman–Crippen LogP) is 1.40. The molecular weight excluding hydrogens is 346 g/mol. The Morgan fingerprint density at radius 1 is 1.16 bits per heavy atom. The fraction of sp³-hybridized carbons (Fsp3) is 0.529. The normalized spacial score (nSPS) is 11.3. The molecule has 0 saturated heterocycles. The predicted molar refractivity (Wildman–Crippen MR) is 99.2 cm³/mol. The third kappa shape index (κ3) is 8.09. The van der Waals surface area contributed by atoms with Crippen LogP contribution in [0.3, 0.4) is 0 Å². The number of carbonyl (C=O) groups is 2. The molecule has 0 saturated carbocycles. The van der Waals surface area contributed by atoms with Gasteiger partial charge in [-0.25, -0.2) is 0 Å². The van der Waals surface area contributed by atoms with Gasteiger partial charge in [0.1, 0.15) is 0 Å². The second kappa shape index (κ2) is 11.5. The maximum atomic E-state index is 11.8. The Balaban J connectivity index is 0.00000576. The van der Waals surface area contributed by atoms with Crippen molar-refractivity contribution in [1.29, 1.82) is 0 Å². The first-order chi connectivity index (χ1) is 11.4. The molecule has 1 rings (SSSR count). The summed E-state index contributed by atoms with van der Waals surface area (Å²) in [4.78, 5) is 22.9. The van der Waals surface area contributed by atoms with Crippen LogP contribution in [-0.2, 0) is 9.59 Å². The molecule has 8 heteroatoms. The van der Waals surface area contributed by atoms with E-state index in [1.54, 1.807) is 7.11 Å². The SMILES string of the molecule is COc1cc(C(C)NC(=O)CNC(=O)CN)ccc1OCC(C)C.Cl. The molecule has 0 aliphatic carbocycles. The van der Waals surface area contributed by atoms with Gasteiger partial charge < -0.3 is 25.8 Å². The van der Waals surface area contributed by atoms with E-state index in [0.717, 1.165) is 5.56 Å². The zero-order chi connectivity index (χ0) is 18.1. The van der Waals surface area contributed by atoms with Crippen LogP contribution in [-0.4, -0.2) is 38.6 Å². The number of halogens is 1. The molecule has 0 heterocycles. The highest BCUT2D eigenvalue weighted by atomic mass is 35.5. The number of amides is 2. The van der Waals surface area contributed by atoms with Gasteiger partial charge in [0.15, 0.2) is 11.5 Å². The third-order valence-electron chi connectivity index (χ3n) is 3.27. The van der Waals surface area contributed by atoms with Gasteiger partial charge in [-0.1, -0.05) is 19.9 Å². The molecule has 0 aliphatic rings. The standard InChI is InChI=1S/C17H27N3O4.ClH/c1-11(2)10-24-14-6-5-13(7-15(14)23-4)12(3)20-17(22)9-19-16(21)8-18;/h5-7,11-12H,8-10,18H2,1-4H3,(H,19,21)(H,20,22);1H. The van der Waals surface area contributed by atoms with Gasteiger partial charge in [-0.15, -0.1) is 12.4 Å². The molecule has 142 valence electrons. The number of ether oxygens (including phenoxy) is 2. The van der Waals surface area contributed by atoms with Crippen molar-refractivity contribution in [3.8, 4) is 11.5 Å². The van der Waals surface area contributed by atoms with Crippen molar-refractivity contribution in [3.05, 3.63) is 23.8 Å². The summed E-state index contributed by atoms with van der Waals surface area (Å²) in [6.45, 7) is 6.35. The molecule has 7 nitrogen and oxygen atoms in total. The van der Waals surface area contributed by atoms with E-state index in [2.05, 4.69) is 24.5 Å². The summed E-state index contributed by atoms with van der Waals surface area (Å²) in [5.74, 6) is 1.04. The Morgan fingerprint density at radius 2 is 1.84 bits per heavy atom. The lowest BCUT2D eigenvalue weighted by Crippen LogP contribution is -2.40. The third-order valence-corrected chi connectivity index (χ3v) is 3.27. The van der Waals surface area contributed by atoms with Crippen LogP contribution in [0.1, 0.15) is 32.4 Å². The summed E-state index contributed by atoms with van der Waals surface area (Å²) in [5.41, 5.74) is 6.05. The molecule has 0 radical (unpaired) electrons. The topological polar surface area (TPSA) is 103 Å². The molecule has 0 aliphatic heterocycles. The number of benzene rings is 1. The van der Waals surface area contributed by atoms with Crippen molar-refractivity contribution in [1.82, 2.24) is 10.6 Å². The molecule has 1 aromatic rings. The van der Waals surface area contributed by atoms with E-state index in [0.29, 0.717) is 24.0 Å². The monoisotopic (exact) mass is 373 g/mol. The molecule has 0 spiro atoms. The van der Waals surface area contributed by atoms with Crippen molar-refractivity contribution >= 4 is 24.2 Å². The average Bonchev–Trinajstić information content (AvgIpc) is 2.57. The minimum atomic E-state index is -0.369. The Bertz CT molecular complexity index is 567. The number of hydrogen-bond acceptors (Lipinski definition) is 5. The summed E-state index contributed by atoms with van der Waals surface area (Å²) < 4.78 is 11.1. The zero-order valence-corrected chi connectivity index (χ0v) is 15.9. The number of methoxy groups -OCH3 is 1. The van der Waals surface area contributed by atoms with Crippen LogP contribution in [0.15, 0.2) is 18.2 Å². The lowest BCUT2D eigenvalue weighted by atomic mass is 10.1. The highest BCUT2D eigenvalue weighted by Gasteiger charge is 2.13. The van der Waals surface area contributed by atoms with Gasteiger partial charge >= 0.3 is 0 Å². The van der Waals surface area contributed by atoms with Gasteiger partial charge in [0, 0.05) is 0 Å². The second-order valence-electron chi connectivity index (χ2n) is 5.89. The Labute approximate surface area is 155 Å². The first kappa shape index (κ1) is 23.0. The molecule has 0 aromatic heterocycles. The molecule has 25 heavy (non-hydrogen) atoms. The van der Waals surface area contributed by atoms with E-state index in [1.807, 2.05) is 25.1 Å². The van der Waals surface area contributed by atoms with Crippen LogP contribution >= 0.6 is 12.4 Å². The molecule has 1 aromatic carbocycles. The van der Waals surface area contributed by atoms with Gasteiger partial charge in [0.25, 0.3) is 0 Å². The van der Waals surface area contributed by atoms with Crippen molar-refractivity contribution in [3.63, 3.8) is 0 Å². The summed E-state index contributed by atoms with van der Waals surface area (Å²) >= 11 is 0. The largest absolute Gasteiger partial charge is 0.493 e. The zero-order valence-electron chi connectivity index (χ0n) is 15.1. The maximum absolute atomic E-state index is 11.8. The van der Waals surface area contributed by atoms with Crippen LogP contribution in [0.25, 0.3) is 0 Å². The van der Waals surface area contributed by atoms with E-state index < -0.39 is 0 Å². The highest BCUT2D eigenvalue weighted by Crippen LogP contribution is 2.30. The van der Waals surface area contributed by atoms with Crippen molar-refractivity contribution in [2.75, 3.05) is 26.8 Å². The quantitative estimate of drug-likeness (QED) is 0.607. The van der Waals surface area contributed by atoms with Gasteiger partial charge in [-0.3, -0.25) is 9.59 Å². The van der Waals surface area contributed by atoms with E-state index in [9.17, 15) is 9.59 Å². The maximum Gasteiger partial charge on any atom is 0.239 e. The number of hydrogen-bond donors (Lipinski definition) is 3. The molecule has 1 atom stereocenters. The number of rotatable bonds is 9. The minimum Gasteiger partial charge on any atom is -0.493 e. The molecular formula is C17H28ClN3O4. The van der Waals surface area contributed by atoms with Crippen LogP contribution in [0.2, 0.25) is 0 Å². The number of carbonyl (C=O) groups excluding carboxylic acids is 2. The minimum absolute atomic E-state index is 0. The molecule has 1 unspecified atom stereocenters. The van der Waals surface area contributed by atoms with Gasteiger partial charge in [0.2, 0.25) is 11.8 Å². The second-order valence-corrected chi connectivity index (χ2v) is 5.89. The highest BCUT2D eigenvalue weighted by molar-refractivity contribution is 5.85. The molecule has 0 fully saturated rings. The van der Waals surface area contributed by atoms with E-state index in [-0.39, 0.29) is 43.4 Å². The van der Waals surface area contributed by atoms with Crippen LogP contribution in [0.4, 0.5) is 0 Å². The first-order valence-corrected chi connectivity index (χ1v) is 7.94. The van der Waals surface area contributed by atoms with E-state index >= 15 is 0 Å². The summed E-state index contributed by atoms with van der Waals surface area (Å²) in [7, 11) is 1.58. The number of nitrogens with two attached hydrogens (primary N) is 1. The Morgan fingerprint density at radius 3 is 2.40 bits per heavy atom. The summed E-state index contributed by atoms with van der Waals surface area (Å²) in [6, 6.07) is 5.30. The van der Waals surface area contributed by atoms with E-state index in [1.165, 1.54) is 0 Å². The summed E-state index contributed by atoms with van der Waals surface area (Å²) in [5, 5.41) is 5.23. The number of nitrogens with one attached hydrogen (secondary N) is 2. The average molecular weight is 374 g/mol. The van der Waals surface area contributed by atoms with Gasteiger partial charge in [-0.2, -0.15) is 0 Å². The van der Waals surface area contributed by atoms with Crippen LogP contribution in [0.5, 0.6) is 11.5 Å². The van der Waals surface area contributed by atoms with Crippen molar-refractivity contribution < 1.29 is 19.1 Å². The van der Waals surface area contributed by atoms with Crippen LogP contribution in [0, 0.1) is 5.92 Å².